The number of aliphatic hydroxyl groups excluding tert-OH is 1. The molecule has 0 saturated carbocycles. The second kappa shape index (κ2) is 7.70. The highest BCUT2D eigenvalue weighted by Crippen LogP contribution is 2.20. The van der Waals surface area contributed by atoms with Crippen LogP contribution in [0.4, 0.5) is 9.93 Å². The number of hydrogen-bond donors (Lipinski definition) is 3. The van der Waals surface area contributed by atoms with Gasteiger partial charge in [0.15, 0.2) is 5.82 Å². The SMILES string of the molecule is CCC(O)CCNC(=O)Nc1nc(-c2ccccc2)ns1. The fourth-order valence-corrected chi connectivity index (χ4v) is 2.26. The Balaban J connectivity index is 1.84. The van der Waals surface area contributed by atoms with E-state index >= 15 is 0 Å². The molecule has 1 aromatic carbocycles. The van der Waals surface area contributed by atoms with Crippen LogP contribution in [0.2, 0.25) is 0 Å². The number of aromatic nitrogens is 2. The molecule has 0 aliphatic rings. The van der Waals surface area contributed by atoms with E-state index in [1.807, 2.05) is 37.3 Å². The van der Waals surface area contributed by atoms with Gasteiger partial charge in [-0.2, -0.15) is 9.36 Å². The third-order valence-electron chi connectivity index (χ3n) is 2.91. The Labute approximate surface area is 127 Å². The van der Waals surface area contributed by atoms with Gasteiger partial charge < -0.3 is 10.4 Å². The van der Waals surface area contributed by atoms with Crippen molar-refractivity contribution in [2.24, 2.45) is 0 Å². The van der Waals surface area contributed by atoms with Gasteiger partial charge in [0.1, 0.15) is 0 Å². The number of urea groups is 1. The van der Waals surface area contributed by atoms with E-state index in [0.29, 0.717) is 30.3 Å². The third kappa shape index (κ3) is 4.80. The van der Waals surface area contributed by atoms with Crippen LogP contribution in [-0.4, -0.2) is 33.1 Å². The number of nitrogens with one attached hydrogen (secondary N) is 2. The molecule has 0 spiro atoms. The van der Waals surface area contributed by atoms with E-state index in [2.05, 4.69) is 20.0 Å². The first-order valence-corrected chi connectivity index (χ1v) is 7.58. The predicted molar refractivity (Wildman–Crippen MR) is 83.3 cm³/mol. The van der Waals surface area contributed by atoms with Crippen LogP contribution in [0.1, 0.15) is 19.8 Å². The highest BCUT2D eigenvalue weighted by atomic mass is 32.1. The van der Waals surface area contributed by atoms with Crippen molar-refractivity contribution in [2.45, 2.75) is 25.9 Å². The summed E-state index contributed by atoms with van der Waals surface area (Å²) in [4.78, 5) is 15.9. The number of nitrogens with zero attached hydrogens (tertiary/aromatic N) is 2. The number of hydrogen-bond acceptors (Lipinski definition) is 5. The van der Waals surface area contributed by atoms with Crippen LogP contribution in [0.5, 0.6) is 0 Å². The predicted octanol–water partition coefficient (Wildman–Crippen LogP) is 2.49. The minimum Gasteiger partial charge on any atom is -0.393 e. The molecule has 3 N–H and O–H groups in total. The molecule has 0 radical (unpaired) electrons. The summed E-state index contributed by atoms with van der Waals surface area (Å²) in [5.41, 5.74) is 0.910. The van der Waals surface area contributed by atoms with Crippen LogP contribution in [-0.2, 0) is 0 Å². The van der Waals surface area contributed by atoms with E-state index in [1.165, 1.54) is 0 Å². The average Bonchev–Trinajstić information content (AvgIpc) is 2.96. The number of carbonyl (C=O) groups excluding carboxylic acids is 1. The van der Waals surface area contributed by atoms with Crippen LogP contribution in [0.3, 0.4) is 0 Å². The first-order valence-electron chi connectivity index (χ1n) is 6.81. The van der Waals surface area contributed by atoms with Crippen molar-refractivity contribution in [3.8, 4) is 11.4 Å². The quantitative estimate of drug-likeness (QED) is 0.765. The van der Waals surface area contributed by atoms with Gasteiger partial charge in [0.05, 0.1) is 6.10 Å². The van der Waals surface area contributed by atoms with Gasteiger partial charge in [-0.05, 0) is 12.8 Å². The maximum Gasteiger partial charge on any atom is 0.321 e. The normalized spacial score (nSPS) is 11.9. The Kier molecular flexibility index (Phi) is 5.65. The van der Waals surface area contributed by atoms with Gasteiger partial charge in [0.2, 0.25) is 5.13 Å². The molecule has 6 nitrogen and oxygen atoms in total. The monoisotopic (exact) mass is 306 g/mol. The standard InChI is InChI=1S/C14H18N4O2S/c1-2-11(19)8-9-15-13(20)17-14-16-12(18-21-14)10-6-4-3-5-7-10/h3-7,11,19H,2,8-9H2,1H3,(H2,15,16,17,18,20). The molecule has 21 heavy (non-hydrogen) atoms. The van der Waals surface area contributed by atoms with Crippen molar-refractivity contribution in [2.75, 3.05) is 11.9 Å². The van der Waals surface area contributed by atoms with Gasteiger partial charge in [-0.15, -0.1) is 0 Å². The maximum atomic E-state index is 11.7. The lowest BCUT2D eigenvalue weighted by Gasteiger charge is -2.08. The summed E-state index contributed by atoms with van der Waals surface area (Å²) >= 11 is 1.13. The highest BCUT2D eigenvalue weighted by molar-refractivity contribution is 7.10. The average molecular weight is 306 g/mol. The summed E-state index contributed by atoms with van der Waals surface area (Å²) in [6, 6.07) is 9.24. The topological polar surface area (TPSA) is 87.1 Å². The van der Waals surface area contributed by atoms with E-state index in [1.54, 1.807) is 0 Å². The molecule has 2 amide bonds. The van der Waals surface area contributed by atoms with Gasteiger partial charge in [-0.1, -0.05) is 37.3 Å². The third-order valence-corrected chi connectivity index (χ3v) is 3.54. The van der Waals surface area contributed by atoms with Gasteiger partial charge in [-0.3, -0.25) is 5.32 Å². The molecule has 0 bridgehead atoms. The van der Waals surface area contributed by atoms with Gasteiger partial charge in [-0.25, -0.2) is 4.79 Å². The van der Waals surface area contributed by atoms with Gasteiger partial charge in [0, 0.05) is 23.6 Å². The van der Waals surface area contributed by atoms with E-state index in [-0.39, 0.29) is 12.1 Å². The summed E-state index contributed by atoms with van der Waals surface area (Å²) in [6.07, 6.45) is 0.839. The fourth-order valence-electron chi connectivity index (χ4n) is 1.68. The molecule has 0 aliphatic carbocycles. The maximum absolute atomic E-state index is 11.7. The van der Waals surface area contributed by atoms with Crippen molar-refractivity contribution >= 4 is 22.7 Å². The second-order valence-corrected chi connectivity index (χ2v) is 5.27. The minimum absolute atomic E-state index is 0.339. The van der Waals surface area contributed by atoms with E-state index < -0.39 is 0 Å². The van der Waals surface area contributed by atoms with Crippen molar-refractivity contribution in [1.82, 2.24) is 14.7 Å². The Morgan fingerprint density at radius 1 is 1.38 bits per heavy atom. The Morgan fingerprint density at radius 2 is 2.14 bits per heavy atom. The lowest BCUT2D eigenvalue weighted by atomic mass is 10.2. The fraction of sp³-hybridized carbons (Fsp3) is 0.357. The summed E-state index contributed by atoms with van der Waals surface area (Å²) in [6.45, 7) is 2.32. The van der Waals surface area contributed by atoms with Crippen LogP contribution < -0.4 is 10.6 Å². The van der Waals surface area contributed by atoms with Crippen molar-refractivity contribution in [3.05, 3.63) is 30.3 Å². The lowest BCUT2D eigenvalue weighted by Crippen LogP contribution is -2.31. The van der Waals surface area contributed by atoms with Gasteiger partial charge >= 0.3 is 6.03 Å². The zero-order valence-corrected chi connectivity index (χ0v) is 12.6. The molecular formula is C14H18N4O2S. The zero-order valence-electron chi connectivity index (χ0n) is 11.7. The number of benzene rings is 1. The first kappa shape index (κ1) is 15.4. The molecular weight excluding hydrogens is 288 g/mol. The van der Waals surface area contributed by atoms with E-state index in [9.17, 15) is 9.90 Å². The summed E-state index contributed by atoms with van der Waals surface area (Å²) in [5, 5.41) is 15.2. The number of carbonyl (C=O) groups is 1. The molecule has 0 fully saturated rings. The Bertz CT molecular complexity index is 573. The van der Waals surface area contributed by atoms with Crippen molar-refractivity contribution < 1.29 is 9.90 Å². The smallest absolute Gasteiger partial charge is 0.321 e. The Morgan fingerprint density at radius 3 is 2.86 bits per heavy atom. The lowest BCUT2D eigenvalue weighted by molar-refractivity contribution is 0.160. The molecule has 2 aromatic rings. The molecule has 0 aliphatic heterocycles. The molecule has 1 atom stereocenters. The summed E-state index contributed by atoms with van der Waals surface area (Å²) < 4.78 is 4.21. The van der Waals surface area contributed by atoms with Gasteiger partial charge in [0.25, 0.3) is 0 Å². The molecule has 0 saturated heterocycles. The largest absolute Gasteiger partial charge is 0.393 e. The number of anilines is 1. The highest BCUT2D eigenvalue weighted by Gasteiger charge is 2.09. The molecule has 1 heterocycles. The molecule has 1 aromatic heterocycles. The Hall–Kier alpha value is -1.99. The summed E-state index contributed by atoms with van der Waals surface area (Å²) in [7, 11) is 0. The van der Waals surface area contributed by atoms with Crippen LogP contribution in [0.25, 0.3) is 11.4 Å². The minimum atomic E-state index is -0.378. The molecule has 1 unspecified atom stereocenters. The molecule has 112 valence electrons. The van der Waals surface area contributed by atoms with Crippen LogP contribution in [0, 0.1) is 0 Å². The zero-order chi connectivity index (χ0) is 15.1. The van der Waals surface area contributed by atoms with Crippen LogP contribution >= 0.6 is 11.5 Å². The second-order valence-electron chi connectivity index (χ2n) is 4.52. The van der Waals surface area contributed by atoms with E-state index in [0.717, 1.165) is 17.1 Å². The first-order chi connectivity index (χ1) is 10.2. The number of aliphatic hydroxyl groups is 1. The number of amides is 2. The molecule has 2 rings (SSSR count). The van der Waals surface area contributed by atoms with Crippen LogP contribution in [0.15, 0.2) is 30.3 Å². The summed E-state index contributed by atoms with van der Waals surface area (Å²) in [5.74, 6) is 0.595. The molecule has 7 heteroatoms. The number of rotatable bonds is 6. The van der Waals surface area contributed by atoms with Crippen molar-refractivity contribution in [1.29, 1.82) is 0 Å². The van der Waals surface area contributed by atoms with Crippen molar-refractivity contribution in [3.63, 3.8) is 0 Å². The van der Waals surface area contributed by atoms with E-state index in [4.69, 9.17) is 0 Å².